The summed E-state index contributed by atoms with van der Waals surface area (Å²) in [6.07, 6.45) is 3.51. The number of aromatic nitrogens is 5. The molecule has 4 aromatic rings. The summed E-state index contributed by atoms with van der Waals surface area (Å²) in [5, 5.41) is 17.7. The summed E-state index contributed by atoms with van der Waals surface area (Å²) in [6.45, 7) is 1.97. The van der Waals surface area contributed by atoms with Gasteiger partial charge in [0.15, 0.2) is 5.82 Å². The van der Waals surface area contributed by atoms with Crippen LogP contribution in [0.25, 0.3) is 5.52 Å². The highest BCUT2D eigenvalue weighted by Crippen LogP contribution is 2.22. The van der Waals surface area contributed by atoms with E-state index < -0.39 is 0 Å². The van der Waals surface area contributed by atoms with Crippen LogP contribution in [0.1, 0.15) is 18.5 Å². The van der Waals surface area contributed by atoms with Crippen molar-refractivity contribution in [2.24, 2.45) is 0 Å². The third kappa shape index (κ3) is 3.14. The second-order valence-corrected chi connectivity index (χ2v) is 5.63. The highest BCUT2D eigenvalue weighted by atomic mass is 19.1. The summed E-state index contributed by atoms with van der Waals surface area (Å²) >= 11 is 0. The number of benzene rings is 1. The molecule has 0 bridgehead atoms. The number of H-pyrrole nitrogens is 1. The van der Waals surface area contributed by atoms with Crippen molar-refractivity contribution in [1.82, 2.24) is 24.8 Å². The Labute approximate surface area is 142 Å². The molecule has 0 radical (unpaired) electrons. The fourth-order valence-electron chi connectivity index (χ4n) is 2.57. The van der Waals surface area contributed by atoms with Crippen molar-refractivity contribution < 1.29 is 4.39 Å². The first-order chi connectivity index (χ1) is 12.2. The van der Waals surface area contributed by atoms with E-state index in [0.717, 1.165) is 16.9 Å². The molecular weight excluding hydrogens is 321 g/mol. The third-order valence-corrected chi connectivity index (χ3v) is 3.86. The van der Waals surface area contributed by atoms with Gasteiger partial charge in [-0.25, -0.2) is 8.91 Å². The molecule has 1 aromatic carbocycles. The molecule has 0 amide bonds. The van der Waals surface area contributed by atoms with Gasteiger partial charge in [-0.15, -0.1) is 5.10 Å². The zero-order valence-electron chi connectivity index (χ0n) is 13.4. The van der Waals surface area contributed by atoms with Crippen LogP contribution in [0.4, 0.5) is 22.0 Å². The van der Waals surface area contributed by atoms with E-state index in [1.54, 1.807) is 22.8 Å². The molecule has 7 nitrogen and oxygen atoms in total. The monoisotopic (exact) mass is 337 g/mol. The molecule has 0 aliphatic rings. The Morgan fingerprint density at radius 3 is 2.76 bits per heavy atom. The summed E-state index contributed by atoms with van der Waals surface area (Å²) in [6, 6.07) is 11.9. The second kappa shape index (κ2) is 6.23. The van der Waals surface area contributed by atoms with E-state index in [9.17, 15) is 4.39 Å². The fourth-order valence-corrected chi connectivity index (χ4v) is 2.57. The molecule has 4 rings (SSSR count). The van der Waals surface area contributed by atoms with Gasteiger partial charge in [-0.3, -0.25) is 5.10 Å². The second-order valence-electron chi connectivity index (χ2n) is 5.63. The number of hydrogen-bond donors (Lipinski definition) is 3. The van der Waals surface area contributed by atoms with Crippen LogP contribution in [0.15, 0.2) is 54.9 Å². The lowest BCUT2D eigenvalue weighted by Gasteiger charge is -2.15. The van der Waals surface area contributed by atoms with Crippen molar-refractivity contribution in [2.45, 2.75) is 13.0 Å². The molecule has 0 aliphatic carbocycles. The normalized spacial score (nSPS) is 12.2. The predicted molar refractivity (Wildman–Crippen MR) is 93.3 cm³/mol. The largest absolute Gasteiger partial charge is 0.346 e. The van der Waals surface area contributed by atoms with Gasteiger partial charge in [-0.1, -0.05) is 12.1 Å². The van der Waals surface area contributed by atoms with Crippen molar-refractivity contribution in [1.29, 1.82) is 0 Å². The average molecular weight is 337 g/mol. The quantitative estimate of drug-likeness (QED) is 0.519. The van der Waals surface area contributed by atoms with Gasteiger partial charge >= 0.3 is 0 Å². The molecule has 8 heteroatoms. The lowest BCUT2D eigenvalue weighted by atomic mass is 10.1. The van der Waals surface area contributed by atoms with E-state index >= 15 is 0 Å². The molecule has 0 saturated carbocycles. The lowest BCUT2D eigenvalue weighted by molar-refractivity contribution is 0.626. The summed E-state index contributed by atoms with van der Waals surface area (Å²) < 4.78 is 14.8. The lowest BCUT2D eigenvalue weighted by Crippen LogP contribution is -2.12. The maximum atomic E-state index is 13.1. The Balaban J connectivity index is 1.64. The molecule has 3 heterocycles. The SMILES string of the molecule is C[C@H](Nc1nc(Nc2ccn[nH]2)c2cccn2n1)c1ccc(F)cc1. The van der Waals surface area contributed by atoms with Crippen LogP contribution in [0, 0.1) is 5.82 Å². The summed E-state index contributed by atoms with van der Waals surface area (Å²) in [5.41, 5.74) is 1.79. The standard InChI is InChI=1S/C17H16FN7/c1-11(12-4-6-13(18)7-5-12)20-17-22-16(21-15-8-9-19-23-15)14-3-2-10-25(14)24-17/h2-11H,1H3,(H3,19,20,21,22,23,24)/t11-/m0/s1. The highest BCUT2D eigenvalue weighted by Gasteiger charge is 2.12. The molecular formula is C17H16FN7. The minimum atomic E-state index is -0.257. The maximum absolute atomic E-state index is 13.1. The van der Waals surface area contributed by atoms with Crippen LogP contribution >= 0.6 is 0 Å². The van der Waals surface area contributed by atoms with Crippen molar-refractivity contribution in [3.05, 3.63) is 66.2 Å². The zero-order valence-corrected chi connectivity index (χ0v) is 13.4. The minimum Gasteiger partial charge on any atom is -0.346 e. The first-order valence-corrected chi connectivity index (χ1v) is 7.83. The Bertz CT molecular complexity index is 976. The van der Waals surface area contributed by atoms with Crippen molar-refractivity contribution >= 4 is 23.1 Å². The van der Waals surface area contributed by atoms with Crippen LogP contribution < -0.4 is 10.6 Å². The van der Waals surface area contributed by atoms with E-state index in [4.69, 9.17) is 0 Å². The predicted octanol–water partition coefficient (Wildman–Crippen LogP) is 3.51. The summed E-state index contributed by atoms with van der Waals surface area (Å²) in [7, 11) is 0. The van der Waals surface area contributed by atoms with Gasteiger partial charge in [0, 0.05) is 12.3 Å². The van der Waals surface area contributed by atoms with E-state index in [1.165, 1.54) is 12.1 Å². The molecule has 126 valence electrons. The number of halogens is 1. The van der Waals surface area contributed by atoms with E-state index in [2.05, 4.69) is 30.9 Å². The number of hydrogen-bond acceptors (Lipinski definition) is 5. The van der Waals surface area contributed by atoms with E-state index in [0.29, 0.717) is 11.8 Å². The summed E-state index contributed by atoms with van der Waals surface area (Å²) in [4.78, 5) is 4.56. The molecule has 3 aromatic heterocycles. The Morgan fingerprint density at radius 1 is 1.16 bits per heavy atom. The molecule has 1 atom stereocenters. The average Bonchev–Trinajstić information content (AvgIpc) is 3.27. The molecule has 0 fully saturated rings. The van der Waals surface area contributed by atoms with Gasteiger partial charge in [-0.2, -0.15) is 10.1 Å². The maximum Gasteiger partial charge on any atom is 0.243 e. The number of nitrogens with zero attached hydrogens (tertiary/aromatic N) is 4. The molecule has 0 spiro atoms. The molecule has 0 saturated heterocycles. The molecule has 3 N–H and O–H groups in total. The molecule has 25 heavy (non-hydrogen) atoms. The van der Waals surface area contributed by atoms with Crippen molar-refractivity contribution in [2.75, 3.05) is 10.6 Å². The highest BCUT2D eigenvalue weighted by molar-refractivity contribution is 5.72. The zero-order chi connectivity index (χ0) is 17.2. The third-order valence-electron chi connectivity index (χ3n) is 3.86. The number of fused-ring (bicyclic) bond motifs is 1. The van der Waals surface area contributed by atoms with Gasteiger partial charge in [0.2, 0.25) is 5.95 Å². The van der Waals surface area contributed by atoms with Crippen LogP contribution in [0.2, 0.25) is 0 Å². The summed E-state index contributed by atoms with van der Waals surface area (Å²) in [5.74, 6) is 1.59. The number of anilines is 3. The van der Waals surface area contributed by atoms with Gasteiger partial charge < -0.3 is 10.6 Å². The topological polar surface area (TPSA) is 82.9 Å². The van der Waals surface area contributed by atoms with Crippen LogP contribution in [0.5, 0.6) is 0 Å². The van der Waals surface area contributed by atoms with E-state index in [-0.39, 0.29) is 11.9 Å². The first kappa shape index (κ1) is 15.1. The van der Waals surface area contributed by atoms with Crippen LogP contribution in [-0.2, 0) is 0 Å². The van der Waals surface area contributed by atoms with Gasteiger partial charge in [0.25, 0.3) is 0 Å². The number of nitrogens with one attached hydrogen (secondary N) is 3. The first-order valence-electron chi connectivity index (χ1n) is 7.83. The Hall–Kier alpha value is -3.42. The van der Waals surface area contributed by atoms with Crippen LogP contribution in [-0.4, -0.2) is 24.8 Å². The van der Waals surface area contributed by atoms with Crippen molar-refractivity contribution in [3.8, 4) is 0 Å². The molecule has 0 aliphatic heterocycles. The van der Waals surface area contributed by atoms with Gasteiger partial charge in [-0.05, 0) is 36.8 Å². The van der Waals surface area contributed by atoms with Crippen LogP contribution in [0.3, 0.4) is 0 Å². The van der Waals surface area contributed by atoms with Gasteiger partial charge in [0.05, 0.1) is 12.2 Å². The van der Waals surface area contributed by atoms with E-state index in [1.807, 2.05) is 31.3 Å². The van der Waals surface area contributed by atoms with Crippen molar-refractivity contribution in [3.63, 3.8) is 0 Å². The number of aromatic amines is 1. The Morgan fingerprint density at radius 2 is 2.00 bits per heavy atom. The smallest absolute Gasteiger partial charge is 0.243 e. The van der Waals surface area contributed by atoms with Gasteiger partial charge in [0.1, 0.15) is 17.2 Å². The fraction of sp³-hybridized carbons (Fsp3) is 0.118. The number of rotatable bonds is 5. The minimum absolute atomic E-state index is 0.0754. The molecule has 0 unspecified atom stereocenters. The Kier molecular flexibility index (Phi) is 3.77.